The van der Waals surface area contributed by atoms with E-state index in [-0.39, 0.29) is 12.1 Å². The number of hydrogen-bond acceptors (Lipinski definition) is 3. The Balaban J connectivity index is 1.69. The van der Waals surface area contributed by atoms with E-state index in [0.29, 0.717) is 6.54 Å². The van der Waals surface area contributed by atoms with Crippen molar-refractivity contribution >= 4 is 11.7 Å². The van der Waals surface area contributed by atoms with Gasteiger partial charge in [-0.15, -0.1) is 0 Å². The van der Waals surface area contributed by atoms with Crippen LogP contribution in [-0.2, 0) is 4.74 Å². The molecule has 1 aliphatic heterocycles. The molecule has 2 amide bonds. The summed E-state index contributed by atoms with van der Waals surface area (Å²) in [5, 5.41) is 3.03. The highest BCUT2D eigenvalue weighted by Gasteiger charge is 2.19. The van der Waals surface area contributed by atoms with Crippen molar-refractivity contribution in [3.63, 3.8) is 0 Å². The Bertz CT molecular complexity index is 724. The quantitative estimate of drug-likeness (QED) is 0.866. The number of nitrogens with zero attached hydrogens (tertiary/aromatic N) is 1. The van der Waals surface area contributed by atoms with Crippen LogP contribution in [-0.4, -0.2) is 44.3 Å². The average molecular weight is 354 g/mol. The van der Waals surface area contributed by atoms with Crippen molar-refractivity contribution < 1.29 is 14.3 Å². The summed E-state index contributed by atoms with van der Waals surface area (Å²) in [5.41, 5.74) is 2.80. The van der Waals surface area contributed by atoms with Crippen molar-refractivity contribution in [3.05, 3.63) is 48.5 Å². The zero-order valence-corrected chi connectivity index (χ0v) is 15.4. The zero-order valence-electron chi connectivity index (χ0n) is 15.4. The Labute approximate surface area is 154 Å². The number of amides is 2. The fraction of sp³-hybridized carbons (Fsp3) is 0.381. The molecule has 1 fully saturated rings. The molecule has 0 aromatic heterocycles. The topological polar surface area (TPSA) is 50.8 Å². The normalized spacial score (nSPS) is 16.8. The largest absolute Gasteiger partial charge is 0.497 e. The summed E-state index contributed by atoms with van der Waals surface area (Å²) < 4.78 is 10.9. The van der Waals surface area contributed by atoms with Gasteiger partial charge in [0.05, 0.1) is 18.9 Å². The summed E-state index contributed by atoms with van der Waals surface area (Å²) in [6.07, 6.45) is 3.43. The third-order valence-electron chi connectivity index (χ3n) is 4.67. The fourth-order valence-corrected chi connectivity index (χ4v) is 3.16. The number of anilines is 1. The second-order valence-corrected chi connectivity index (χ2v) is 6.57. The zero-order chi connectivity index (χ0) is 18.4. The molecule has 0 spiro atoms. The predicted octanol–water partition coefficient (Wildman–Crippen LogP) is 4.40. The number of para-hydroxylation sites is 1. The Kier molecular flexibility index (Phi) is 6.12. The number of rotatable bonds is 5. The van der Waals surface area contributed by atoms with Crippen LogP contribution in [0.1, 0.15) is 19.3 Å². The summed E-state index contributed by atoms with van der Waals surface area (Å²) in [6.45, 7) is 1.40. The highest BCUT2D eigenvalue weighted by molar-refractivity contribution is 5.94. The minimum atomic E-state index is -0.125. The summed E-state index contributed by atoms with van der Waals surface area (Å²) in [4.78, 5) is 14.3. The molecule has 1 aliphatic rings. The van der Waals surface area contributed by atoms with E-state index in [2.05, 4.69) is 5.32 Å². The lowest BCUT2D eigenvalue weighted by Crippen LogP contribution is -2.39. The highest BCUT2D eigenvalue weighted by Crippen LogP contribution is 2.29. The van der Waals surface area contributed by atoms with Crippen LogP contribution in [0, 0.1) is 0 Å². The maximum Gasteiger partial charge on any atom is 0.321 e. The van der Waals surface area contributed by atoms with Crippen molar-refractivity contribution in [3.8, 4) is 16.9 Å². The number of hydrogen-bond donors (Lipinski definition) is 1. The number of carbonyl (C=O) groups excluding carboxylic acids is 1. The van der Waals surface area contributed by atoms with E-state index in [4.69, 9.17) is 9.47 Å². The maximum absolute atomic E-state index is 12.6. The highest BCUT2D eigenvalue weighted by atomic mass is 16.5. The Hall–Kier alpha value is -2.53. The summed E-state index contributed by atoms with van der Waals surface area (Å²) >= 11 is 0. The summed E-state index contributed by atoms with van der Waals surface area (Å²) in [5.74, 6) is 0.808. The molecule has 3 rings (SSSR count). The van der Waals surface area contributed by atoms with E-state index in [1.165, 1.54) is 6.42 Å². The molecule has 1 heterocycles. The van der Waals surface area contributed by atoms with Gasteiger partial charge in [0, 0.05) is 25.8 Å². The van der Waals surface area contributed by atoms with E-state index >= 15 is 0 Å². The average Bonchev–Trinajstić information content (AvgIpc) is 2.69. The molecule has 2 aromatic carbocycles. The van der Waals surface area contributed by atoms with Gasteiger partial charge in [-0.1, -0.05) is 30.3 Å². The van der Waals surface area contributed by atoms with Crippen LogP contribution in [0.2, 0.25) is 0 Å². The molecule has 26 heavy (non-hydrogen) atoms. The third-order valence-corrected chi connectivity index (χ3v) is 4.67. The van der Waals surface area contributed by atoms with Crippen molar-refractivity contribution in [1.82, 2.24) is 4.90 Å². The number of carbonyl (C=O) groups is 1. The number of likely N-dealkylation sites (N-methyl/N-ethyl adjacent to an activating group) is 1. The molecule has 0 unspecified atom stereocenters. The van der Waals surface area contributed by atoms with Gasteiger partial charge in [-0.05, 0) is 43.0 Å². The smallest absolute Gasteiger partial charge is 0.321 e. The van der Waals surface area contributed by atoms with Gasteiger partial charge in [-0.25, -0.2) is 4.79 Å². The lowest BCUT2D eigenvalue weighted by molar-refractivity contribution is 0.00464. The van der Waals surface area contributed by atoms with Crippen molar-refractivity contribution in [1.29, 1.82) is 0 Å². The van der Waals surface area contributed by atoms with Gasteiger partial charge in [0.2, 0.25) is 0 Å². The van der Waals surface area contributed by atoms with Crippen molar-refractivity contribution in [2.24, 2.45) is 0 Å². The van der Waals surface area contributed by atoms with Gasteiger partial charge >= 0.3 is 6.03 Å². The monoisotopic (exact) mass is 354 g/mol. The first-order valence-corrected chi connectivity index (χ1v) is 9.04. The third kappa shape index (κ3) is 4.55. The first-order chi connectivity index (χ1) is 12.7. The van der Waals surface area contributed by atoms with E-state index in [1.807, 2.05) is 55.6 Å². The van der Waals surface area contributed by atoms with Crippen LogP contribution in [0.15, 0.2) is 48.5 Å². The molecule has 1 atom stereocenters. The van der Waals surface area contributed by atoms with Crippen LogP contribution >= 0.6 is 0 Å². The van der Waals surface area contributed by atoms with Crippen LogP contribution in [0.25, 0.3) is 11.1 Å². The first-order valence-electron chi connectivity index (χ1n) is 9.04. The van der Waals surface area contributed by atoms with Gasteiger partial charge in [0.15, 0.2) is 0 Å². The van der Waals surface area contributed by atoms with E-state index in [0.717, 1.165) is 42.0 Å². The molecule has 1 N–H and O–H groups in total. The standard InChI is InChI=1S/C21H26N2O3/c1-23(15-18-7-5-6-14-26-18)21(24)22-20-9-4-3-8-19(20)16-10-12-17(25-2)13-11-16/h3-4,8-13,18H,5-7,14-15H2,1-2H3,(H,22,24)/t18-/m1/s1. The molecule has 0 aliphatic carbocycles. The molecule has 2 aromatic rings. The van der Waals surface area contributed by atoms with Gasteiger partial charge < -0.3 is 19.7 Å². The molecular weight excluding hydrogens is 328 g/mol. The summed E-state index contributed by atoms with van der Waals surface area (Å²) in [6, 6.07) is 15.5. The lowest BCUT2D eigenvalue weighted by Gasteiger charge is -2.27. The Morgan fingerprint density at radius 3 is 2.65 bits per heavy atom. The van der Waals surface area contributed by atoms with Crippen LogP contribution < -0.4 is 10.1 Å². The second-order valence-electron chi connectivity index (χ2n) is 6.57. The fourth-order valence-electron chi connectivity index (χ4n) is 3.16. The van der Waals surface area contributed by atoms with Crippen LogP contribution in [0.5, 0.6) is 5.75 Å². The Morgan fingerprint density at radius 1 is 1.19 bits per heavy atom. The lowest BCUT2D eigenvalue weighted by atomic mass is 10.0. The molecule has 1 saturated heterocycles. The first kappa shape index (κ1) is 18.3. The molecular formula is C21H26N2O3. The van der Waals surface area contributed by atoms with Crippen molar-refractivity contribution in [2.45, 2.75) is 25.4 Å². The number of nitrogens with one attached hydrogen (secondary N) is 1. The van der Waals surface area contributed by atoms with Crippen molar-refractivity contribution in [2.75, 3.05) is 32.6 Å². The summed E-state index contributed by atoms with van der Waals surface area (Å²) in [7, 11) is 3.46. The number of methoxy groups -OCH3 is 1. The number of urea groups is 1. The Morgan fingerprint density at radius 2 is 1.96 bits per heavy atom. The SMILES string of the molecule is COc1ccc(-c2ccccc2NC(=O)N(C)C[C@H]2CCCCO2)cc1. The molecule has 5 nitrogen and oxygen atoms in total. The molecule has 0 saturated carbocycles. The maximum atomic E-state index is 12.6. The van der Waals surface area contributed by atoms with Gasteiger partial charge in [-0.2, -0.15) is 0 Å². The molecule has 5 heteroatoms. The minimum Gasteiger partial charge on any atom is -0.497 e. The molecule has 138 valence electrons. The number of benzene rings is 2. The predicted molar refractivity (Wildman–Crippen MR) is 104 cm³/mol. The number of ether oxygens (including phenoxy) is 2. The van der Waals surface area contributed by atoms with E-state index in [1.54, 1.807) is 12.0 Å². The van der Waals surface area contributed by atoms with Crippen LogP contribution in [0.3, 0.4) is 0 Å². The van der Waals surface area contributed by atoms with Gasteiger partial charge in [0.1, 0.15) is 5.75 Å². The minimum absolute atomic E-state index is 0.125. The van der Waals surface area contributed by atoms with E-state index < -0.39 is 0 Å². The van der Waals surface area contributed by atoms with E-state index in [9.17, 15) is 4.79 Å². The molecule has 0 bridgehead atoms. The van der Waals surface area contributed by atoms with Crippen LogP contribution in [0.4, 0.5) is 10.5 Å². The van der Waals surface area contributed by atoms with Gasteiger partial charge in [0.25, 0.3) is 0 Å². The molecule has 0 radical (unpaired) electrons. The van der Waals surface area contributed by atoms with Gasteiger partial charge in [-0.3, -0.25) is 0 Å². The second kappa shape index (κ2) is 8.72.